The minimum absolute atomic E-state index is 0.0143. The second kappa shape index (κ2) is 12.5. The number of pyridine rings is 1. The van der Waals surface area contributed by atoms with E-state index < -0.39 is 36.7 Å². The summed E-state index contributed by atoms with van der Waals surface area (Å²) in [4.78, 5) is 32.0. The van der Waals surface area contributed by atoms with Crippen molar-refractivity contribution in [1.29, 1.82) is 5.26 Å². The van der Waals surface area contributed by atoms with Crippen LogP contribution in [0.3, 0.4) is 0 Å². The molecule has 0 aliphatic carbocycles. The zero-order chi connectivity index (χ0) is 38.2. The number of thiophene rings is 1. The van der Waals surface area contributed by atoms with Gasteiger partial charge >= 0.3 is 6.09 Å². The van der Waals surface area contributed by atoms with Gasteiger partial charge in [-0.2, -0.15) is 5.26 Å². The number of anilines is 2. The van der Waals surface area contributed by atoms with Crippen molar-refractivity contribution in [3.63, 3.8) is 0 Å². The molecule has 3 aliphatic rings. The molecule has 6 heterocycles. The van der Waals surface area contributed by atoms with Crippen LogP contribution in [0.1, 0.15) is 64.5 Å². The van der Waals surface area contributed by atoms with Crippen LogP contribution in [0.2, 0.25) is 0 Å². The van der Waals surface area contributed by atoms with Crippen LogP contribution in [-0.4, -0.2) is 87.8 Å². The molecule has 11 nitrogen and oxygen atoms in total. The summed E-state index contributed by atoms with van der Waals surface area (Å²) in [6, 6.07) is 1.99. The van der Waals surface area contributed by atoms with E-state index in [9.17, 15) is 10.1 Å². The van der Waals surface area contributed by atoms with Crippen molar-refractivity contribution in [2.75, 3.05) is 49.4 Å². The highest BCUT2D eigenvalue weighted by Gasteiger charge is 2.38. The van der Waals surface area contributed by atoms with Crippen LogP contribution in [0.5, 0.6) is 0 Å². The summed E-state index contributed by atoms with van der Waals surface area (Å²) in [6.07, 6.45) is 2.46. The maximum atomic E-state index is 17.1. The number of carbonyl (C=O) groups is 1. The predicted octanol–water partition coefficient (Wildman–Crippen LogP) is 6.04. The number of likely N-dealkylation sites (N-methyl/N-ethyl adjacent to an activating group) is 1. The lowest BCUT2D eigenvalue weighted by Crippen LogP contribution is -2.53. The van der Waals surface area contributed by atoms with Crippen LogP contribution >= 0.6 is 11.3 Å². The standard InChI is InChI=1S/C34H38F2N8O3S/c1-6-42-9-11-43(12-10-42)24-7-8-44(18(24)2)32-39-14-20-21-16-46-17-22(21)25(27(36)28(20)40-32)29-26-19(13-37)31(41-33(45)47-34(3,4)5)48-30(26)23(35)15-38-29/h14-15,18,24H,6-12,16-17H2,1-5H3,(H,41,45)/t18-,24-/m0/s1/i1D3,6D2. The number of halogens is 2. The molecule has 2 fully saturated rings. The second-order valence-electron chi connectivity index (χ2n) is 13.2. The highest BCUT2D eigenvalue weighted by atomic mass is 32.1. The Kier molecular flexibility index (Phi) is 6.97. The van der Waals surface area contributed by atoms with E-state index >= 15 is 8.78 Å². The highest BCUT2D eigenvalue weighted by Crippen LogP contribution is 2.46. The number of aromatic nitrogens is 3. The fraction of sp³-hybridized carbons (Fsp3) is 0.500. The van der Waals surface area contributed by atoms with Crippen molar-refractivity contribution in [2.45, 2.75) is 71.9 Å². The first-order chi connectivity index (χ1) is 24.9. The van der Waals surface area contributed by atoms with Gasteiger partial charge in [0.1, 0.15) is 22.2 Å². The van der Waals surface area contributed by atoms with Gasteiger partial charge in [0.15, 0.2) is 11.6 Å². The van der Waals surface area contributed by atoms with E-state index in [0.717, 1.165) is 24.0 Å². The van der Waals surface area contributed by atoms with Gasteiger partial charge in [-0.3, -0.25) is 15.2 Å². The number of fused-ring (bicyclic) bond motifs is 4. The monoisotopic (exact) mass is 681 g/mol. The highest BCUT2D eigenvalue weighted by molar-refractivity contribution is 7.23. The number of hydrogen-bond donors (Lipinski definition) is 1. The molecule has 2 saturated heterocycles. The molecule has 3 aromatic heterocycles. The lowest BCUT2D eigenvalue weighted by atomic mass is 9.94. The molecule has 48 heavy (non-hydrogen) atoms. The summed E-state index contributed by atoms with van der Waals surface area (Å²) >= 11 is 0.829. The number of amides is 1. The Balaban J connectivity index is 1.24. The molecule has 0 radical (unpaired) electrons. The number of ether oxygens (including phenoxy) is 2. The van der Waals surface area contributed by atoms with Gasteiger partial charge in [-0.1, -0.05) is 6.85 Å². The quantitative estimate of drug-likeness (QED) is 0.267. The smallest absolute Gasteiger partial charge is 0.412 e. The third kappa shape index (κ3) is 5.62. The third-order valence-corrected chi connectivity index (χ3v) is 10.3. The summed E-state index contributed by atoms with van der Waals surface area (Å²) in [5.74, 6) is -1.16. The molecule has 3 aliphatic heterocycles. The molecule has 2 atom stereocenters. The van der Waals surface area contributed by atoms with Crippen LogP contribution in [0, 0.1) is 23.0 Å². The molecular weight excluding hydrogens is 638 g/mol. The van der Waals surface area contributed by atoms with Crippen molar-refractivity contribution in [3.05, 3.63) is 40.7 Å². The molecule has 14 heteroatoms. The summed E-state index contributed by atoms with van der Waals surface area (Å²) in [5.41, 5.74) is 0.298. The Morgan fingerprint density at radius 1 is 1.21 bits per heavy atom. The van der Waals surface area contributed by atoms with Gasteiger partial charge in [0.2, 0.25) is 5.95 Å². The van der Waals surface area contributed by atoms with E-state index in [1.165, 1.54) is 4.90 Å². The van der Waals surface area contributed by atoms with Crippen LogP contribution in [0.4, 0.5) is 24.5 Å². The van der Waals surface area contributed by atoms with Gasteiger partial charge in [-0.25, -0.2) is 23.5 Å². The SMILES string of the molecule is [2H]C([2H])([2H])C([2H])([2H])N1CCN([C@H]2CCN(c3ncc4c5c(c(-c6ncc(F)c7sc(NC(=O)OC(C)(C)C)c(C#N)c67)c(F)c4n3)COC5)[C@H]2C)CC1. The molecule has 1 aromatic carbocycles. The number of nitrogens with zero attached hydrogens (tertiary/aromatic N) is 7. The van der Waals surface area contributed by atoms with Gasteiger partial charge in [0, 0.05) is 74.2 Å². The molecule has 4 aromatic rings. The number of nitrogens with one attached hydrogen (secondary N) is 1. The van der Waals surface area contributed by atoms with E-state index in [1.54, 1.807) is 27.0 Å². The topological polar surface area (TPSA) is 120 Å². The van der Waals surface area contributed by atoms with Crippen molar-refractivity contribution >= 4 is 49.4 Å². The number of hydrogen-bond acceptors (Lipinski definition) is 11. The molecule has 0 spiro atoms. The molecule has 0 bridgehead atoms. The molecule has 252 valence electrons. The Hall–Kier alpha value is -4.03. The Morgan fingerprint density at radius 3 is 2.71 bits per heavy atom. The predicted molar refractivity (Wildman–Crippen MR) is 180 cm³/mol. The molecular formula is C34H38F2N8O3S. The second-order valence-corrected chi connectivity index (χ2v) is 14.2. The van der Waals surface area contributed by atoms with Crippen molar-refractivity contribution < 1.29 is 29.9 Å². The first kappa shape index (κ1) is 26.9. The van der Waals surface area contributed by atoms with Gasteiger partial charge in [0.25, 0.3) is 0 Å². The lowest BCUT2D eigenvalue weighted by molar-refractivity contribution is 0.0636. The van der Waals surface area contributed by atoms with Gasteiger partial charge in [-0.05, 0) is 51.7 Å². The van der Waals surface area contributed by atoms with Crippen molar-refractivity contribution in [3.8, 4) is 17.3 Å². The van der Waals surface area contributed by atoms with Gasteiger partial charge in [-0.15, -0.1) is 11.3 Å². The van der Waals surface area contributed by atoms with Crippen molar-refractivity contribution in [2.24, 2.45) is 0 Å². The van der Waals surface area contributed by atoms with Crippen LogP contribution < -0.4 is 10.2 Å². The maximum Gasteiger partial charge on any atom is 0.412 e. The van der Waals surface area contributed by atoms with E-state index in [0.29, 0.717) is 42.1 Å². The maximum absolute atomic E-state index is 17.1. The van der Waals surface area contributed by atoms with E-state index in [2.05, 4.69) is 20.2 Å². The van der Waals surface area contributed by atoms with E-state index in [-0.39, 0.29) is 75.8 Å². The number of piperazine rings is 1. The van der Waals surface area contributed by atoms with Gasteiger partial charge < -0.3 is 19.3 Å². The number of rotatable bonds is 5. The first-order valence-electron chi connectivity index (χ1n) is 18.3. The summed E-state index contributed by atoms with van der Waals surface area (Å²) in [6.45, 7) is 4.18. The number of nitriles is 1. The fourth-order valence-electron chi connectivity index (χ4n) is 7.00. The summed E-state index contributed by atoms with van der Waals surface area (Å²) in [7, 11) is 0. The normalized spacial score (nSPS) is 22.5. The fourth-order valence-corrected chi connectivity index (χ4v) is 8.04. The Morgan fingerprint density at radius 2 is 1.98 bits per heavy atom. The van der Waals surface area contributed by atoms with Gasteiger partial charge in [0.05, 0.1) is 35.4 Å². The average Bonchev–Trinajstić information content (AvgIpc) is 3.82. The number of carbonyl (C=O) groups excluding carboxylic acids is 1. The third-order valence-electron chi connectivity index (χ3n) is 9.23. The lowest BCUT2D eigenvalue weighted by Gasteiger charge is -2.39. The van der Waals surface area contributed by atoms with Crippen LogP contribution in [0.25, 0.3) is 32.2 Å². The van der Waals surface area contributed by atoms with E-state index in [1.807, 2.05) is 17.9 Å². The van der Waals surface area contributed by atoms with Crippen LogP contribution in [0.15, 0.2) is 12.4 Å². The molecule has 1 amide bonds. The minimum Gasteiger partial charge on any atom is -0.444 e. The molecule has 0 saturated carbocycles. The summed E-state index contributed by atoms with van der Waals surface area (Å²) < 4.78 is 82.7. The zero-order valence-corrected chi connectivity index (χ0v) is 27.8. The Bertz CT molecular complexity index is 2160. The zero-order valence-electron chi connectivity index (χ0n) is 32.0. The minimum atomic E-state index is -2.76. The molecule has 7 rings (SSSR count). The average molecular weight is 682 g/mol. The van der Waals surface area contributed by atoms with E-state index in [4.69, 9.17) is 21.3 Å². The van der Waals surface area contributed by atoms with Crippen molar-refractivity contribution in [1.82, 2.24) is 24.8 Å². The largest absolute Gasteiger partial charge is 0.444 e. The summed E-state index contributed by atoms with van der Waals surface area (Å²) in [5, 5.41) is 13.3. The first-order valence-corrected chi connectivity index (χ1v) is 16.6. The Labute approximate surface area is 288 Å². The number of benzene rings is 1. The van der Waals surface area contributed by atoms with Crippen LogP contribution in [-0.2, 0) is 22.7 Å². The molecule has 0 unspecified atom stereocenters. The molecule has 1 N–H and O–H groups in total.